The minimum absolute atomic E-state index is 0.180. The van der Waals surface area contributed by atoms with Crippen LogP contribution in [-0.4, -0.2) is 51.8 Å². The predicted molar refractivity (Wildman–Crippen MR) is 45.8 cm³/mol. The number of nitrogens with one attached hydrogen (secondary N) is 1. The van der Waals surface area contributed by atoms with Crippen LogP contribution in [0.2, 0.25) is 0 Å². The Labute approximate surface area is 80.2 Å². The summed E-state index contributed by atoms with van der Waals surface area (Å²) in [5.74, 6) is -1.96. The Morgan fingerprint density at radius 2 is 1.93 bits per heavy atom. The van der Waals surface area contributed by atoms with Crippen molar-refractivity contribution in [3.8, 4) is 0 Å². The molecule has 0 saturated heterocycles. The first-order chi connectivity index (χ1) is 6.58. The number of hydrogen-bond donors (Lipinski definition) is 3. The van der Waals surface area contributed by atoms with E-state index in [4.69, 9.17) is 10.2 Å². The maximum absolute atomic E-state index is 10.4. The Bertz CT molecular complexity index is 266. The van der Waals surface area contributed by atoms with Crippen molar-refractivity contribution in [2.24, 2.45) is 0 Å². The second-order valence-corrected chi connectivity index (χ2v) is 2.78. The van der Waals surface area contributed by atoms with Gasteiger partial charge in [0.1, 0.15) is 13.1 Å². The van der Waals surface area contributed by atoms with Gasteiger partial charge in [-0.05, 0) is 0 Å². The van der Waals surface area contributed by atoms with Crippen molar-refractivity contribution in [2.45, 2.75) is 0 Å². The lowest BCUT2D eigenvalue weighted by atomic mass is 10.5. The summed E-state index contributed by atoms with van der Waals surface area (Å²) in [7, 11) is 0. The first-order valence-electron chi connectivity index (χ1n) is 3.96. The predicted octanol–water partition coefficient (Wildman–Crippen LogP) is -1.29. The first kappa shape index (κ1) is 10.5. The van der Waals surface area contributed by atoms with Gasteiger partial charge in [0.25, 0.3) is 0 Å². The highest BCUT2D eigenvalue weighted by Gasteiger charge is 2.15. The third-order valence-corrected chi connectivity index (χ3v) is 1.51. The fraction of sp³-hybridized carbons (Fsp3) is 0.429. The van der Waals surface area contributed by atoms with E-state index in [0.29, 0.717) is 6.54 Å². The molecule has 14 heavy (non-hydrogen) atoms. The third kappa shape index (κ3) is 3.42. The van der Waals surface area contributed by atoms with E-state index in [1.165, 1.54) is 10.0 Å². The third-order valence-electron chi connectivity index (χ3n) is 1.51. The lowest BCUT2D eigenvalue weighted by Gasteiger charge is -2.31. The number of carboxylic acids is 2. The standard InChI is InChI=1S/C7H11N3O4/c11-6(12)4-9-2-1-3-10(8-9)5-7(13)14/h1-2,8H,3-5H2,(H,11,12)(H,13,14). The lowest BCUT2D eigenvalue weighted by molar-refractivity contribution is -0.142. The minimum Gasteiger partial charge on any atom is -0.480 e. The zero-order valence-electron chi connectivity index (χ0n) is 7.38. The van der Waals surface area contributed by atoms with Crippen LogP contribution in [-0.2, 0) is 9.59 Å². The molecule has 1 heterocycles. The average molecular weight is 201 g/mol. The number of aliphatic carboxylic acids is 2. The fourth-order valence-corrected chi connectivity index (χ4v) is 1.05. The molecule has 0 aromatic heterocycles. The van der Waals surface area contributed by atoms with E-state index in [1.807, 2.05) is 0 Å². The number of rotatable bonds is 4. The highest BCUT2D eigenvalue weighted by atomic mass is 16.4. The van der Waals surface area contributed by atoms with Crippen molar-refractivity contribution >= 4 is 11.9 Å². The summed E-state index contributed by atoms with van der Waals surface area (Å²) in [4.78, 5) is 20.7. The topological polar surface area (TPSA) is 93.1 Å². The second kappa shape index (κ2) is 4.58. The first-order valence-corrected chi connectivity index (χ1v) is 3.96. The monoisotopic (exact) mass is 201 g/mol. The largest absolute Gasteiger partial charge is 0.480 e. The van der Waals surface area contributed by atoms with Crippen LogP contribution < -0.4 is 5.53 Å². The van der Waals surface area contributed by atoms with Gasteiger partial charge in [-0.2, -0.15) is 5.53 Å². The highest BCUT2D eigenvalue weighted by molar-refractivity contribution is 5.69. The zero-order chi connectivity index (χ0) is 10.6. The Morgan fingerprint density at radius 3 is 2.50 bits per heavy atom. The van der Waals surface area contributed by atoms with Gasteiger partial charge >= 0.3 is 11.9 Å². The molecule has 0 amide bonds. The van der Waals surface area contributed by atoms with E-state index in [1.54, 1.807) is 12.3 Å². The van der Waals surface area contributed by atoms with Gasteiger partial charge in [0, 0.05) is 12.7 Å². The highest BCUT2D eigenvalue weighted by Crippen LogP contribution is 1.96. The van der Waals surface area contributed by atoms with Crippen LogP contribution in [0.5, 0.6) is 0 Å². The fourth-order valence-electron chi connectivity index (χ4n) is 1.05. The van der Waals surface area contributed by atoms with Gasteiger partial charge < -0.3 is 10.2 Å². The van der Waals surface area contributed by atoms with Gasteiger partial charge in [-0.3, -0.25) is 14.6 Å². The number of carboxylic acid groups (broad SMARTS) is 2. The van der Waals surface area contributed by atoms with Crippen LogP contribution in [0.1, 0.15) is 0 Å². The van der Waals surface area contributed by atoms with Gasteiger partial charge in [0.15, 0.2) is 0 Å². The Hall–Kier alpha value is -1.60. The molecule has 0 saturated carbocycles. The maximum Gasteiger partial charge on any atom is 0.324 e. The smallest absolute Gasteiger partial charge is 0.324 e. The van der Waals surface area contributed by atoms with Crippen LogP contribution >= 0.6 is 0 Å². The van der Waals surface area contributed by atoms with E-state index in [-0.39, 0.29) is 13.1 Å². The van der Waals surface area contributed by atoms with E-state index in [9.17, 15) is 9.59 Å². The lowest BCUT2D eigenvalue weighted by Crippen LogP contribution is -2.53. The molecule has 1 aliphatic rings. The summed E-state index contributed by atoms with van der Waals surface area (Å²) in [6.07, 6.45) is 3.24. The second-order valence-electron chi connectivity index (χ2n) is 2.78. The molecule has 0 unspecified atom stereocenters. The normalized spacial score (nSPS) is 17.0. The van der Waals surface area contributed by atoms with Gasteiger partial charge in [-0.1, -0.05) is 6.08 Å². The molecule has 0 aromatic carbocycles. The molecule has 7 heteroatoms. The molecular weight excluding hydrogens is 190 g/mol. The minimum atomic E-state index is -0.987. The summed E-state index contributed by atoms with van der Waals surface area (Å²) in [6.45, 7) is 0.0372. The molecule has 0 aromatic rings. The van der Waals surface area contributed by atoms with Crippen LogP contribution in [0, 0.1) is 0 Å². The van der Waals surface area contributed by atoms with Crippen LogP contribution in [0.25, 0.3) is 0 Å². The number of hydrazine groups is 2. The average Bonchev–Trinajstić information content (AvgIpc) is 2.01. The molecule has 0 aliphatic carbocycles. The summed E-state index contributed by atoms with van der Waals surface area (Å²) in [5.41, 5.74) is 2.63. The number of nitrogens with zero attached hydrogens (tertiary/aromatic N) is 2. The van der Waals surface area contributed by atoms with E-state index < -0.39 is 11.9 Å². The molecule has 0 bridgehead atoms. The van der Waals surface area contributed by atoms with Crippen molar-refractivity contribution in [3.63, 3.8) is 0 Å². The molecule has 7 nitrogen and oxygen atoms in total. The number of hydrogen-bond acceptors (Lipinski definition) is 5. The molecule has 1 aliphatic heterocycles. The SMILES string of the molecule is O=C(O)CN1C=CCN(CC(=O)O)N1. The summed E-state index contributed by atoms with van der Waals surface area (Å²) < 4.78 is 0. The maximum atomic E-state index is 10.4. The van der Waals surface area contributed by atoms with Crippen LogP contribution in [0.3, 0.4) is 0 Å². The van der Waals surface area contributed by atoms with Gasteiger partial charge in [-0.25, -0.2) is 5.01 Å². The van der Waals surface area contributed by atoms with Crippen molar-refractivity contribution in [2.75, 3.05) is 19.6 Å². The van der Waals surface area contributed by atoms with Crippen molar-refractivity contribution in [3.05, 3.63) is 12.3 Å². The van der Waals surface area contributed by atoms with Gasteiger partial charge in [0.2, 0.25) is 0 Å². The molecule has 0 spiro atoms. The molecule has 0 atom stereocenters. The van der Waals surface area contributed by atoms with E-state index in [0.717, 1.165) is 0 Å². The van der Waals surface area contributed by atoms with Gasteiger partial charge in [0.05, 0.1) is 0 Å². The van der Waals surface area contributed by atoms with Crippen LogP contribution in [0.4, 0.5) is 0 Å². The van der Waals surface area contributed by atoms with Crippen molar-refractivity contribution < 1.29 is 19.8 Å². The number of carbonyl (C=O) groups is 2. The van der Waals surface area contributed by atoms with Gasteiger partial charge in [-0.15, -0.1) is 0 Å². The zero-order valence-corrected chi connectivity index (χ0v) is 7.38. The molecule has 78 valence electrons. The van der Waals surface area contributed by atoms with Crippen molar-refractivity contribution in [1.82, 2.24) is 15.6 Å². The molecule has 1 rings (SSSR count). The Morgan fingerprint density at radius 1 is 1.29 bits per heavy atom. The Kier molecular flexibility index (Phi) is 3.43. The summed E-state index contributed by atoms with van der Waals surface area (Å²) in [5, 5.41) is 19.7. The molecular formula is C7H11N3O4. The summed E-state index contributed by atoms with van der Waals surface area (Å²) in [6, 6.07) is 0. The van der Waals surface area contributed by atoms with E-state index >= 15 is 0 Å². The quantitative estimate of drug-likeness (QED) is 0.521. The molecule has 0 fully saturated rings. The molecule has 3 N–H and O–H groups in total. The van der Waals surface area contributed by atoms with E-state index in [2.05, 4.69) is 5.53 Å². The molecule has 0 radical (unpaired) electrons. The Balaban J connectivity index is 2.43. The van der Waals surface area contributed by atoms with Crippen LogP contribution in [0.15, 0.2) is 12.3 Å². The summed E-state index contributed by atoms with van der Waals surface area (Å²) >= 11 is 0. The van der Waals surface area contributed by atoms with Crippen molar-refractivity contribution in [1.29, 1.82) is 0 Å².